The van der Waals surface area contributed by atoms with E-state index in [0.29, 0.717) is 0 Å². The van der Waals surface area contributed by atoms with Crippen LogP contribution in [0.5, 0.6) is 0 Å². The van der Waals surface area contributed by atoms with Crippen molar-refractivity contribution in [2.24, 2.45) is 5.73 Å². The number of hydrogen-bond donors (Lipinski definition) is 1. The molecular formula is C14H19BrN4. The predicted molar refractivity (Wildman–Crippen MR) is 80.4 cm³/mol. The SMILES string of the molecule is CCc1c(C(N)CC)nnn1-c1cc(C)cc(Br)c1. The predicted octanol–water partition coefficient (Wildman–Crippen LogP) is 3.31. The standard InChI is InChI=1S/C14H19BrN4/c1-4-12(16)14-13(5-2)19(18-17-14)11-7-9(3)6-10(15)8-11/h6-8,12H,4-5,16H2,1-3H3. The zero-order valence-electron chi connectivity index (χ0n) is 11.5. The van der Waals surface area contributed by atoms with Crippen molar-refractivity contribution in [2.75, 3.05) is 0 Å². The van der Waals surface area contributed by atoms with Crippen molar-refractivity contribution >= 4 is 15.9 Å². The Morgan fingerprint density at radius 3 is 2.63 bits per heavy atom. The van der Waals surface area contributed by atoms with Gasteiger partial charge in [-0.2, -0.15) is 0 Å². The topological polar surface area (TPSA) is 56.7 Å². The molecule has 0 bridgehead atoms. The molecule has 1 unspecified atom stereocenters. The maximum Gasteiger partial charge on any atom is 0.103 e. The van der Waals surface area contributed by atoms with Crippen LogP contribution in [0.1, 0.15) is 43.3 Å². The van der Waals surface area contributed by atoms with Gasteiger partial charge in [0.2, 0.25) is 0 Å². The molecule has 1 aromatic heterocycles. The monoisotopic (exact) mass is 322 g/mol. The second-order valence-electron chi connectivity index (χ2n) is 4.69. The van der Waals surface area contributed by atoms with Gasteiger partial charge in [-0.25, -0.2) is 4.68 Å². The molecule has 0 saturated heterocycles. The molecule has 0 aliphatic carbocycles. The number of rotatable bonds is 4. The lowest BCUT2D eigenvalue weighted by atomic mass is 10.1. The zero-order valence-corrected chi connectivity index (χ0v) is 13.1. The molecule has 0 spiro atoms. The van der Waals surface area contributed by atoms with E-state index in [1.807, 2.05) is 10.7 Å². The number of aromatic nitrogens is 3. The highest BCUT2D eigenvalue weighted by atomic mass is 79.9. The van der Waals surface area contributed by atoms with Crippen molar-refractivity contribution in [1.29, 1.82) is 0 Å². The molecule has 4 nitrogen and oxygen atoms in total. The van der Waals surface area contributed by atoms with Crippen molar-refractivity contribution in [2.45, 2.75) is 39.7 Å². The van der Waals surface area contributed by atoms with Gasteiger partial charge in [-0.15, -0.1) is 5.10 Å². The van der Waals surface area contributed by atoms with E-state index < -0.39 is 0 Å². The van der Waals surface area contributed by atoms with E-state index in [1.54, 1.807) is 0 Å². The molecule has 1 heterocycles. The largest absolute Gasteiger partial charge is 0.323 e. The summed E-state index contributed by atoms with van der Waals surface area (Å²) in [5.41, 5.74) is 10.3. The van der Waals surface area contributed by atoms with Crippen LogP contribution in [0.15, 0.2) is 22.7 Å². The summed E-state index contributed by atoms with van der Waals surface area (Å²) in [6.07, 6.45) is 1.73. The maximum atomic E-state index is 6.10. The van der Waals surface area contributed by atoms with Gasteiger partial charge in [-0.3, -0.25) is 0 Å². The molecule has 102 valence electrons. The normalized spacial score (nSPS) is 12.7. The third kappa shape index (κ3) is 2.87. The van der Waals surface area contributed by atoms with Crippen LogP contribution in [0.25, 0.3) is 5.69 Å². The minimum Gasteiger partial charge on any atom is -0.323 e. The number of hydrogen-bond acceptors (Lipinski definition) is 3. The molecule has 2 rings (SSSR count). The Morgan fingerprint density at radius 1 is 1.32 bits per heavy atom. The lowest BCUT2D eigenvalue weighted by molar-refractivity contribution is 0.665. The first kappa shape index (κ1) is 14.2. The fraction of sp³-hybridized carbons (Fsp3) is 0.429. The van der Waals surface area contributed by atoms with Crippen LogP contribution in [0.4, 0.5) is 0 Å². The quantitative estimate of drug-likeness (QED) is 0.939. The second kappa shape index (κ2) is 5.84. The summed E-state index contributed by atoms with van der Waals surface area (Å²) in [6.45, 7) is 6.23. The van der Waals surface area contributed by atoms with Gasteiger partial charge in [0, 0.05) is 4.47 Å². The Labute approximate surface area is 122 Å². The molecule has 2 aromatic rings. The van der Waals surface area contributed by atoms with Crippen molar-refractivity contribution in [3.8, 4) is 5.69 Å². The average molecular weight is 323 g/mol. The molecule has 0 aliphatic rings. The van der Waals surface area contributed by atoms with Crippen molar-refractivity contribution in [1.82, 2.24) is 15.0 Å². The Hall–Kier alpha value is -1.20. The van der Waals surface area contributed by atoms with Crippen LogP contribution >= 0.6 is 15.9 Å². The summed E-state index contributed by atoms with van der Waals surface area (Å²) < 4.78 is 2.93. The maximum absolute atomic E-state index is 6.10. The third-order valence-electron chi connectivity index (χ3n) is 3.19. The first-order valence-electron chi connectivity index (χ1n) is 6.54. The summed E-state index contributed by atoms with van der Waals surface area (Å²) >= 11 is 3.52. The molecule has 5 heteroatoms. The van der Waals surface area contributed by atoms with Crippen LogP contribution in [-0.4, -0.2) is 15.0 Å². The molecule has 0 aliphatic heterocycles. The number of nitrogens with two attached hydrogens (primary N) is 1. The highest BCUT2D eigenvalue weighted by Crippen LogP contribution is 2.23. The fourth-order valence-corrected chi connectivity index (χ4v) is 2.77. The van der Waals surface area contributed by atoms with Crippen LogP contribution < -0.4 is 5.73 Å². The summed E-state index contributed by atoms with van der Waals surface area (Å²) in [5, 5.41) is 8.54. The molecule has 0 fully saturated rings. The molecule has 19 heavy (non-hydrogen) atoms. The van der Waals surface area contributed by atoms with Gasteiger partial charge >= 0.3 is 0 Å². The lowest BCUT2D eigenvalue weighted by Gasteiger charge is -2.10. The van der Waals surface area contributed by atoms with Crippen LogP contribution in [0.3, 0.4) is 0 Å². The summed E-state index contributed by atoms with van der Waals surface area (Å²) in [6, 6.07) is 6.17. The average Bonchev–Trinajstić information content (AvgIpc) is 2.80. The summed E-state index contributed by atoms with van der Waals surface area (Å²) in [5.74, 6) is 0. The van der Waals surface area contributed by atoms with Gasteiger partial charge in [-0.05, 0) is 43.5 Å². The van der Waals surface area contributed by atoms with Crippen molar-refractivity contribution in [3.63, 3.8) is 0 Å². The Bertz CT molecular complexity index is 557. The highest BCUT2D eigenvalue weighted by molar-refractivity contribution is 9.10. The second-order valence-corrected chi connectivity index (χ2v) is 5.60. The van der Waals surface area contributed by atoms with E-state index in [2.05, 4.69) is 59.1 Å². The summed E-state index contributed by atoms with van der Waals surface area (Å²) in [4.78, 5) is 0. The number of nitrogens with zero attached hydrogens (tertiary/aromatic N) is 3. The molecule has 0 amide bonds. The molecule has 2 N–H and O–H groups in total. The number of aryl methyl sites for hydroxylation is 1. The van der Waals surface area contributed by atoms with E-state index in [0.717, 1.165) is 34.4 Å². The van der Waals surface area contributed by atoms with E-state index in [-0.39, 0.29) is 6.04 Å². The molecule has 0 saturated carbocycles. The number of benzene rings is 1. The van der Waals surface area contributed by atoms with E-state index >= 15 is 0 Å². The molecule has 0 radical (unpaired) electrons. The lowest BCUT2D eigenvalue weighted by Crippen LogP contribution is -2.12. The Kier molecular flexibility index (Phi) is 4.37. The minimum absolute atomic E-state index is 0.0445. The van der Waals surface area contributed by atoms with Crippen molar-refractivity contribution in [3.05, 3.63) is 39.6 Å². The first-order valence-corrected chi connectivity index (χ1v) is 7.33. The van der Waals surface area contributed by atoms with Gasteiger partial charge in [0.15, 0.2) is 0 Å². The highest BCUT2D eigenvalue weighted by Gasteiger charge is 2.17. The smallest absolute Gasteiger partial charge is 0.103 e. The van der Waals surface area contributed by atoms with Gasteiger partial charge in [-0.1, -0.05) is 35.0 Å². The zero-order chi connectivity index (χ0) is 14.0. The molecule has 1 atom stereocenters. The van der Waals surface area contributed by atoms with Gasteiger partial charge in [0.25, 0.3) is 0 Å². The number of halogens is 1. The van der Waals surface area contributed by atoms with Crippen LogP contribution in [0, 0.1) is 6.92 Å². The minimum atomic E-state index is -0.0445. The Morgan fingerprint density at radius 2 is 2.05 bits per heavy atom. The van der Waals surface area contributed by atoms with Gasteiger partial charge < -0.3 is 5.73 Å². The van der Waals surface area contributed by atoms with Crippen LogP contribution in [0.2, 0.25) is 0 Å². The Balaban J connectivity index is 2.53. The van der Waals surface area contributed by atoms with Crippen molar-refractivity contribution < 1.29 is 0 Å². The van der Waals surface area contributed by atoms with E-state index in [9.17, 15) is 0 Å². The van der Waals surface area contributed by atoms with E-state index in [1.165, 1.54) is 5.56 Å². The van der Waals surface area contributed by atoms with Gasteiger partial charge in [0.1, 0.15) is 5.69 Å². The molecule has 1 aromatic carbocycles. The van der Waals surface area contributed by atoms with Gasteiger partial charge in [0.05, 0.1) is 17.4 Å². The molecular weight excluding hydrogens is 304 g/mol. The summed E-state index contributed by atoms with van der Waals surface area (Å²) in [7, 11) is 0. The third-order valence-corrected chi connectivity index (χ3v) is 3.65. The van der Waals surface area contributed by atoms with Crippen LogP contribution in [-0.2, 0) is 6.42 Å². The fourth-order valence-electron chi connectivity index (χ4n) is 2.17. The first-order chi connectivity index (χ1) is 9.06. The van der Waals surface area contributed by atoms with E-state index in [4.69, 9.17) is 5.73 Å².